The van der Waals surface area contributed by atoms with Crippen LogP contribution in [-0.2, 0) is 14.3 Å². The smallest absolute Gasteiger partial charge is 0.237 e. The molecule has 9 nitrogen and oxygen atoms in total. The van der Waals surface area contributed by atoms with Crippen LogP contribution in [0, 0.1) is 0 Å². The van der Waals surface area contributed by atoms with Gasteiger partial charge in [-0.1, -0.05) is 136 Å². The highest BCUT2D eigenvalue weighted by atomic mass is 16.6. The number of nitrogens with one attached hydrogen (secondary N) is 1. The molecule has 0 aromatic carbocycles. The number of unbranched alkanes of at least 4 members (excludes halogenated alkanes) is 19. The van der Waals surface area contributed by atoms with Gasteiger partial charge in [0.2, 0.25) is 17.7 Å². The molecule has 1 saturated heterocycles. The Morgan fingerprint density at radius 2 is 1.21 bits per heavy atom. The van der Waals surface area contributed by atoms with Crippen molar-refractivity contribution in [2.75, 3.05) is 19.7 Å². The van der Waals surface area contributed by atoms with Crippen LogP contribution in [-0.4, -0.2) is 75.9 Å². The molecule has 1 aliphatic rings. The van der Waals surface area contributed by atoms with E-state index in [1.165, 1.54) is 94.8 Å². The fourth-order valence-electron chi connectivity index (χ4n) is 6.10. The molecule has 43 heavy (non-hydrogen) atoms. The molecule has 0 bridgehead atoms. The first kappa shape index (κ1) is 39.8. The molecular formula is C34H67N3O6. The van der Waals surface area contributed by atoms with Crippen LogP contribution in [0.2, 0.25) is 0 Å². The third-order valence-electron chi connectivity index (χ3n) is 8.77. The number of rotatable bonds is 27. The second-order valence-corrected chi connectivity index (χ2v) is 12.7. The number of nitrogens with two attached hydrogens (primary N) is 1. The van der Waals surface area contributed by atoms with Crippen LogP contribution >= 0.6 is 0 Å². The Labute approximate surface area is 262 Å². The number of carbonyl (C=O) groups excluding carboxylic acids is 2. The summed E-state index contributed by atoms with van der Waals surface area (Å²) in [6.45, 7) is 3.93. The lowest BCUT2D eigenvalue weighted by molar-refractivity contribution is -0.280. The largest absolute Gasteiger partial charge is 0.394 e. The molecule has 0 radical (unpaired) electrons. The van der Waals surface area contributed by atoms with E-state index in [0.717, 1.165) is 44.9 Å². The van der Waals surface area contributed by atoms with Crippen LogP contribution in [0.5, 0.6) is 0 Å². The Kier molecular flexibility index (Phi) is 23.1. The first-order valence-electron chi connectivity index (χ1n) is 17.8. The number of nitrogens with zero attached hydrogens (tertiary/aromatic N) is 1. The van der Waals surface area contributed by atoms with E-state index in [1.807, 2.05) is 0 Å². The summed E-state index contributed by atoms with van der Waals surface area (Å²) in [7, 11) is 0. The Bertz CT molecular complexity index is 712. The Morgan fingerprint density at radius 1 is 0.767 bits per heavy atom. The maximum absolute atomic E-state index is 13.7. The minimum atomic E-state index is -1.67. The first-order valence-corrected chi connectivity index (χ1v) is 17.8. The van der Waals surface area contributed by atoms with Crippen molar-refractivity contribution in [3.63, 3.8) is 0 Å². The molecule has 1 rings (SSSR count). The number of carbonyl (C=O) groups is 2. The molecule has 1 fully saturated rings. The summed E-state index contributed by atoms with van der Waals surface area (Å²) in [6.07, 6.45) is 20.9. The number of hydrogen-bond donors (Lipinski definition) is 5. The Morgan fingerprint density at radius 3 is 1.65 bits per heavy atom. The standard InChI is InChI=1S/C34H67N3O6/c1-3-5-7-9-11-13-14-15-17-19-21-23-25-37(32(41)24-22-20-18-16-12-10-8-6-4-2)34(36-31(40)27-35)26-29(39)33(42)30(28-38)43-34/h29-30,33,38-39,42H,3-28,35H2,1-2H3,(H,36,40)/t29-,30-,33+,34+/m1/s1. The van der Waals surface area contributed by atoms with Gasteiger partial charge >= 0.3 is 0 Å². The van der Waals surface area contributed by atoms with Crippen molar-refractivity contribution in [1.82, 2.24) is 10.2 Å². The lowest BCUT2D eigenvalue weighted by Crippen LogP contribution is -2.71. The van der Waals surface area contributed by atoms with Crippen molar-refractivity contribution in [2.45, 2.75) is 186 Å². The number of aliphatic hydroxyl groups is 3. The van der Waals surface area contributed by atoms with Crippen LogP contribution in [0.25, 0.3) is 0 Å². The zero-order valence-corrected chi connectivity index (χ0v) is 27.7. The Balaban J connectivity index is 2.74. The summed E-state index contributed by atoms with van der Waals surface area (Å²) in [5.41, 5.74) is 5.61. The maximum atomic E-state index is 13.7. The van der Waals surface area contributed by atoms with E-state index in [4.69, 9.17) is 10.5 Å². The van der Waals surface area contributed by atoms with Crippen molar-refractivity contribution in [3.8, 4) is 0 Å². The second-order valence-electron chi connectivity index (χ2n) is 12.7. The molecule has 0 spiro atoms. The predicted molar refractivity (Wildman–Crippen MR) is 173 cm³/mol. The van der Waals surface area contributed by atoms with Crippen LogP contribution < -0.4 is 11.1 Å². The normalized spacial score (nSPS) is 22.0. The fourth-order valence-corrected chi connectivity index (χ4v) is 6.10. The van der Waals surface area contributed by atoms with Gasteiger partial charge in [-0.05, 0) is 12.8 Å². The van der Waals surface area contributed by atoms with Gasteiger partial charge in [-0.2, -0.15) is 0 Å². The van der Waals surface area contributed by atoms with E-state index < -0.39 is 36.7 Å². The summed E-state index contributed by atoms with van der Waals surface area (Å²) in [5.74, 6) is -2.36. The van der Waals surface area contributed by atoms with Gasteiger partial charge < -0.3 is 31.1 Å². The Hall–Kier alpha value is -1.26. The van der Waals surface area contributed by atoms with Gasteiger partial charge in [0.05, 0.1) is 19.3 Å². The minimum absolute atomic E-state index is 0.163. The predicted octanol–water partition coefficient (Wildman–Crippen LogP) is 5.67. The minimum Gasteiger partial charge on any atom is -0.394 e. The third-order valence-corrected chi connectivity index (χ3v) is 8.77. The highest BCUT2D eigenvalue weighted by molar-refractivity contribution is 5.81. The van der Waals surface area contributed by atoms with E-state index in [1.54, 1.807) is 0 Å². The van der Waals surface area contributed by atoms with Crippen LogP contribution in [0.4, 0.5) is 0 Å². The molecule has 2 amide bonds. The molecule has 0 aromatic rings. The van der Waals surface area contributed by atoms with Crippen molar-refractivity contribution < 1.29 is 29.6 Å². The lowest BCUT2D eigenvalue weighted by atomic mass is 9.96. The van der Waals surface area contributed by atoms with Gasteiger partial charge in [0.1, 0.15) is 12.2 Å². The maximum Gasteiger partial charge on any atom is 0.237 e. The van der Waals surface area contributed by atoms with Gasteiger partial charge in [-0.15, -0.1) is 0 Å². The van der Waals surface area contributed by atoms with Gasteiger partial charge in [-0.25, -0.2) is 0 Å². The van der Waals surface area contributed by atoms with Crippen molar-refractivity contribution in [3.05, 3.63) is 0 Å². The van der Waals surface area contributed by atoms with Crippen molar-refractivity contribution in [1.29, 1.82) is 0 Å². The molecule has 1 aliphatic heterocycles. The highest BCUT2D eigenvalue weighted by Crippen LogP contribution is 2.32. The molecule has 1 heterocycles. The molecule has 4 atom stereocenters. The molecule has 0 aromatic heterocycles. The van der Waals surface area contributed by atoms with Crippen molar-refractivity contribution >= 4 is 11.8 Å². The quantitative estimate of drug-likeness (QED) is 0.0593. The van der Waals surface area contributed by atoms with E-state index >= 15 is 0 Å². The lowest BCUT2D eigenvalue weighted by Gasteiger charge is -2.50. The van der Waals surface area contributed by atoms with Crippen LogP contribution in [0.1, 0.15) is 162 Å². The zero-order chi connectivity index (χ0) is 31.8. The highest BCUT2D eigenvalue weighted by Gasteiger charge is 2.51. The first-order chi connectivity index (χ1) is 20.8. The van der Waals surface area contributed by atoms with E-state index in [9.17, 15) is 24.9 Å². The average molecular weight is 614 g/mol. The van der Waals surface area contributed by atoms with E-state index in [2.05, 4.69) is 19.2 Å². The van der Waals surface area contributed by atoms with Gasteiger partial charge in [-0.3, -0.25) is 14.5 Å². The number of amides is 2. The average Bonchev–Trinajstić information content (AvgIpc) is 3.00. The fraction of sp³-hybridized carbons (Fsp3) is 0.941. The number of ether oxygens (including phenoxy) is 1. The summed E-state index contributed by atoms with van der Waals surface area (Å²) < 4.78 is 6.07. The summed E-state index contributed by atoms with van der Waals surface area (Å²) in [6, 6.07) is 0. The number of hydrogen-bond acceptors (Lipinski definition) is 7. The second kappa shape index (κ2) is 25.0. The topological polar surface area (TPSA) is 145 Å². The molecular weight excluding hydrogens is 546 g/mol. The SMILES string of the molecule is CCCCCCCCCCCCCCN(C(=O)CCCCCCCCCCC)[C@@]1(NC(=O)CN)C[C@@H](O)[C@H](O)[C@@H](CO)O1. The van der Waals surface area contributed by atoms with Crippen LogP contribution in [0.3, 0.4) is 0 Å². The molecule has 0 aliphatic carbocycles. The van der Waals surface area contributed by atoms with Crippen LogP contribution in [0.15, 0.2) is 0 Å². The van der Waals surface area contributed by atoms with Gasteiger partial charge in [0, 0.05) is 19.4 Å². The molecule has 0 saturated carbocycles. The number of aliphatic hydroxyl groups excluding tert-OH is 3. The van der Waals surface area contributed by atoms with Gasteiger partial charge in [0.25, 0.3) is 0 Å². The zero-order valence-electron chi connectivity index (χ0n) is 27.7. The summed E-state index contributed by atoms with van der Waals surface area (Å²) >= 11 is 0. The molecule has 9 heteroatoms. The van der Waals surface area contributed by atoms with Crippen molar-refractivity contribution in [2.24, 2.45) is 5.73 Å². The monoisotopic (exact) mass is 614 g/mol. The molecule has 6 N–H and O–H groups in total. The summed E-state index contributed by atoms with van der Waals surface area (Å²) in [5, 5.41) is 33.7. The van der Waals surface area contributed by atoms with E-state index in [0.29, 0.717) is 13.0 Å². The third kappa shape index (κ3) is 16.6. The van der Waals surface area contributed by atoms with E-state index in [-0.39, 0.29) is 18.9 Å². The van der Waals surface area contributed by atoms with Gasteiger partial charge in [0.15, 0.2) is 0 Å². The summed E-state index contributed by atoms with van der Waals surface area (Å²) in [4.78, 5) is 27.8. The molecule has 254 valence electrons. The molecule has 0 unspecified atom stereocenters.